The molecular formula is C8H12N2O6. The molecular weight excluding hydrogens is 220 g/mol. The van der Waals surface area contributed by atoms with Crippen LogP contribution in [-0.4, -0.2) is 64.3 Å². The van der Waals surface area contributed by atoms with Crippen LogP contribution in [0.4, 0.5) is 4.79 Å². The molecule has 90 valence electrons. The van der Waals surface area contributed by atoms with E-state index >= 15 is 0 Å². The molecule has 0 saturated carbocycles. The first-order valence-electron chi connectivity index (χ1n) is 4.75. The first-order chi connectivity index (χ1) is 7.51. The molecule has 2 fully saturated rings. The lowest BCUT2D eigenvalue weighted by molar-refractivity contribution is -0.155. The molecule has 0 radical (unpaired) electrons. The van der Waals surface area contributed by atoms with E-state index in [2.05, 4.69) is 5.32 Å². The highest BCUT2D eigenvalue weighted by Crippen LogP contribution is 2.32. The van der Waals surface area contributed by atoms with E-state index in [-0.39, 0.29) is 6.54 Å². The van der Waals surface area contributed by atoms with Gasteiger partial charge in [0.05, 0.1) is 13.2 Å². The monoisotopic (exact) mass is 232 g/mol. The summed E-state index contributed by atoms with van der Waals surface area (Å²) in [5.74, 6) is -0.821. The summed E-state index contributed by atoms with van der Waals surface area (Å²) in [5.41, 5.74) is -1.72. The van der Waals surface area contributed by atoms with E-state index in [1.165, 1.54) is 0 Å². The zero-order chi connectivity index (χ0) is 11.9. The molecule has 8 heteroatoms. The van der Waals surface area contributed by atoms with Crippen LogP contribution in [0.1, 0.15) is 0 Å². The molecule has 2 heterocycles. The Morgan fingerprint density at radius 2 is 2.12 bits per heavy atom. The van der Waals surface area contributed by atoms with E-state index in [0.717, 1.165) is 0 Å². The third kappa shape index (κ3) is 1.39. The van der Waals surface area contributed by atoms with E-state index in [4.69, 9.17) is 9.84 Å². The minimum atomic E-state index is -1.72. The van der Waals surface area contributed by atoms with Crippen LogP contribution in [0.3, 0.4) is 0 Å². The average Bonchev–Trinajstić information content (AvgIpc) is 2.50. The van der Waals surface area contributed by atoms with Gasteiger partial charge in [0.25, 0.3) is 5.91 Å². The number of rotatable bonds is 1. The lowest BCUT2D eigenvalue weighted by atomic mass is 9.92. The third-order valence-corrected chi connectivity index (χ3v) is 2.85. The SMILES string of the molecule is O=C1NC[C@@]2(O[C@H](CO)[C@@H](O)[C@H]2O)C(=O)N1. The predicted octanol–water partition coefficient (Wildman–Crippen LogP) is -3.32. The number of imide groups is 1. The smallest absolute Gasteiger partial charge is 0.321 e. The van der Waals surface area contributed by atoms with E-state index in [1.54, 1.807) is 0 Å². The van der Waals surface area contributed by atoms with Crippen LogP contribution in [0.25, 0.3) is 0 Å². The highest BCUT2D eigenvalue weighted by atomic mass is 16.6. The second-order valence-electron chi connectivity index (χ2n) is 3.80. The first kappa shape index (κ1) is 11.3. The highest BCUT2D eigenvalue weighted by Gasteiger charge is 2.60. The summed E-state index contributed by atoms with van der Waals surface area (Å²) in [7, 11) is 0. The van der Waals surface area contributed by atoms with E-state index in [0.29, 0.717) is 0 Å². The topological polar surface area (TPSA) is 128 Å². The number of nitrogens with one attached hydrogen (secondary N) is 2. The number of hydrogen-bond donors (Lipinski definition) is 5. The number of carbonyl (C=O) groups is 2. The van der Waals surface area contributed by atoms with Gasteiger partial charge in [0.1, 0.15) is 18.3 Å². The Hall–Kier alpha value is -1.22. The van der Waals surface area contributed by atoms with Crippen molar-refractivity contribution in [1.29, 1.82) is 0 Å². The van der Waals surface area contributed by atoms with Gasteiger partial charge in [-0.1, -0.05) is 0 Å². The van der Waals surface area contributed by atoms with Gasteiger partial charge in [-0.3, -0.25) is 10.1 Å². The fourth-order valence-corrected chi connectivity index (χ4v) is 1.91. The Labute approximate surface area is 90.2 Å². The molecule has 0 aromatic carbocycles. The quantitative estimate of drug-likeness (QED) is 0.322. The minimum absolute atomic E-state index is 0.244. The number of aliphatic hydroxyl groups is 3. The van der Waals surface area contributed by atoms with Crippen molar-refractivity contribution in [2.24, 2.45) is 0 Å². The lowest BCUT2D eigenvalue weighted by Gasteiger charge is -2.33. The van der Waals surface area contributed by atoms with Crippen molar-refractivity contribution in [2.45, 2.75) is 23.9 Å². The molecule has 2 rings (SSSR count). The van der Waals surface area contributed by atoms with Crippen molar-refractivity contribution >= 4 is 11.9 Å². The van der Waals surface area contributed by atoms with Gasteiger partial charge in [0.2, 0.25) is 0 Å². The summed E-state index contributed by atoms with van der Waals surface area (Å²) in [6.45, 7) is -0.770. The standard InChI is InChI=1S/C8H12N2O6/c11-1-3-4(12)5(13)8(16-3)2-9-7(15)10-6(8)14/h3-5,11-13H,1-2H2,(H2,9,10,14,15)/t3-,4-,5-,8+/m1/s1. The predicted molar refractivity (Wildman–Crippen MR) is 48.2 cm³/mol. The molecule has 2 saturated heterocycles. The van der Waals surface area contributed by atoms with Gasteiger partial charge in [-0.2, -0.15) is 0 Å². The Kier molecular flexibility index (Phi) is 2.58. The van der Waals surface area contributed by atoms with Crippen molar-refractivity contribution in [1.82, 2.24) is 10.6 Å². The van der Waals surface area contributed by atoms with Crippen LogP contribution in [0.15, 0.2) is 0 Å². The Bertz CT molecular complexity index is 334. The lowest BCUT2D eigenvalue weighted by Crippen LogP contribution is -2.67. The second-order valence-corrected chi connectivity index (χ2v) is 3.80. The molecule has 1 spiro atoms. The zero-order valence-corrected chi connectivity index (χ0v) is 8.21. The number of amides is 3. The van der Waals surface area contributed by atoms with Crippen LogP contribution in [-0.2, 0) is 9.53 Å². The maximum atomic E-state index is 11.6. The summed E-state index contributed by atoms with van der Waals surface area (Å²) in [4.78, 5) is 22.5. The summed E-state index contributed by atoms with van der Waals surface area (Å²) in [6.07, 6.45) is -3.91. The van der Waals surface area contributed by atoms with Gasteiger partial charge >= 0.3 is 6.03 Å². The van der Waals surface area contributed by atoms with E-state index in [9.17, 15) is 19.8 Å². The van der Waals surface area contributed by atoms with E-state index < -0.39 is 42.5 Å². The first-order valence-corrected chi connectivity index (χ1v) is 4.75. The molecule has 5 N–H and O–H groups in total. The fraction of sp³-hybridized carbons (Fsp3) is 0.750. The summed E-state index contributed by atoms with van der Waals surface area (Å²) >= 11 is 0. The Balaban J connectivity index is 2.25. The molecule has 0 unspecified atom stereocenters. The normalized spacial score (nSPS) is 43.3. The van der Waals surface area contributed by atoms with Crippen molar-refractivity contribution in [2.75, 3.05) is 13.2 Å². The summed E-state index contributed by atoms with van der Waals surface area (Å²) < 4.78 is 5.15. The molecule has 0 bridgehead atoms. The fourth-order valence-electron chi connectivity index (χ4n) is 1.91. The molecule has 2 aliphatic heterocycles. The maximum absolute atomic E-state index is 11.6. The highest BCUT2D eigenvalue weighted by molar-refractivity contribution is 6.02. The van der Waals surface area contributed by atoms with Crippen molar-refractivity contribution in [3.8, 4) is 0 Å². The number of hydrogen-bond acceptors (Lipinski definition) is 6. The molecule has 0 aromatic rings. The van der Waals surface area contributed by atoms with Gasteiger partial charge in [-0.05, 0) is 0 Å². The zero-order valence-electron chi connectivity index (χ0n) is 8.21. The van der Waals surface area contributed by atoms with Crippen LogP contribution < -0.4 is 10.6 Å². The van der Waals surface area contributed by atoms with Gasteiger partial charge < -0.3 is 25.4 Å². The Morgan fingerprint density at radius 3 is 2.62 bits per heavy atom. The molecule has 2 aliphatic rings. The minimum Gasteiger partial charge on any atom is -0.394 e. The summed E-state index contributed by atoms with van der Waals surface area (Å²) in [6, 6.07) is -0.687. The van der Waals surface area contributed by atoms with Crippen LogP contribution in [0.2, 0.25) is 0 Å². The van der Waals surface area contributed by atoms with Crippen LogP contribution >= 0.6 is 0 Å². The largest absolute Gasteiger partial charge is 0.394 e. The van der Waals surface area contributed by atoms with Gasteiger partial charge in [0, 0.05) is 0 Å². The van der Waals surface area contributed by atoms with Crippen molar-refractivity contribution < 1.29 is 29.6 Å². The molecule has 16 heavy (non-hydrogen) atoms. The number of urea groups is 1. The van der Waals surface area contributed by atoms with Crippen LogP contribution in [0.5, 0.6) is 0 Å². The van der Waals surface area contributed by atoms with Crippen molar-refractivity contribution in [3.05, 3.63) is 0 Å². The van der Waals surface area contributed by atoms with Gasteiger partial charge in [-0.25, -0.2) is 4.79 Å². The van der Waals surface area contributed by atoms with Gasteiger partial charge in [0.15, 0.2) is 5.60 Å². The number of carbonyl (C=O) groups excluding carboxylic acids is 2. The molecule has 0 aliphatic carbocycles. The number of ether oxygens (including phenoxy) is 1. The molecule has 4 atom stereocenters. The molecule has 3 amide bonds. The molecule has 8 nitrogen and oxygen atoms in total. The van der Waals surface area contributed by atoms with Crippen LogP contribution in [0, 0.1) is 0 Å². The number of aliphatic hydroxyl groups excluding tert-OH is 3. The second kappa shape index (κ2) is 3.67. The average molecular weight is 232 g/mol. The third-order valence-electron chi connectivity index (χ3n) is 2.85. The van der Waals surface area contributed by atoms with Crippen molar-refractivity contribution in [3.63, 3.8) is 0 Å². The molecule has 0 aromatic heterocycles. The maximum Gasteiger partial charge on any atom is 0.321 e. The summed E-state index contributed by atoms with van der Waals surface area (Å²) in [5, 5.41) is 32.4. The Morgan fingerprint density at radius 1 is 1.44 bits per heavy atom. The van der Waals surface area contributed by atoms with Gasteiger partial charge in [-0.15, -0.1) is 0 Å². The van der Waals surface area contributed by atoms with E-state index in [1.807, 2.05) is 5.32 Å².